The van der Waals surface area contributed by atoms with Crippen LogP contribution in [0.2, 0.25) is 0 Å². The molecule has 1 N–H and O–H groups in total. The van der Waals surface area contributed by atoms with Gasteiger partial charge in [-0.3, -0.25) is 4.90 Å². The normalized spacial score (nSPS) is 15.0. The Morgan fingerprint density at radius 2 is 2.26 bits per heavy atom. The highest BCUT2D eigenvalue weighted by Gasteiger charge is 2.27. The molecule has 0 aliphatic heterocycles. The summed E-state index contributed by atoms with van der Waals surface area (Å²) in [5, 5.41) is 3.39. The molecule has 1 aliphatic rings. The van der Waals surface area contributed by atoms with Crippen LogP contribution in [-0.4, -0.2) is 41.7 Å². The van der Waals surface area contributed by atoms with E-state index in [9.17, 15) is 0 Å². The molecule has 1 aromatic rings. The van der Waals surface area contributed by atoms with Crippen molar-refractivity contribution in [2.75, 3.05) is 25.0 Å². The fraction of sp³-hybridized carbons (Fsp3) is 0.667. The molecule has 0 spiro atoms. The molecule has 1 fully saturated rings. The van der Waals surface area contributed by atoms with E-state index < -0.39 is 0 Å². The lowest BCUT2D eigenvalue weighted by Gasteiger charge is -2.20. The molecule has 1 saturated carbocycles. The van der Waals surface area contributed by atoms with Crippen LogP contribution in [0.4, 0.5) is 5.82 Å². The number of nitrogens with zero attached hydrogens (tertiary/aromatic N) is 2. The van der Waals surface area contributed by atoms with Gasteiger partial charge in [0.05, 0.1) is 6.10 Å². The van der Waals surface area contributed by atoms with Gasteiger partial charge in [-0.1, -0.05) is 6.92 Å². The second-order valence-corrected chi connectivity index (χ2v) is 5.30. The molecule has 2 rings (SSSR count). The highest BCUT2D eigenvalue weighted by Crippen LogP contribution is 2.26. The first kappa shape index (κ1) is 14.1. The second-order valence-electron chi connectivity index (χ2n) is 5.30. The van der Waals surface area contributed by atoms with Crippen molar-refractivity contribution in [3.8, 4) is 5.75 Å². The van der Waals surface area contributed by atoms with Crippen LogP contribution in [0, 0.1) is 0 Å². The zero-order valence-corrected chi connectivity index (χ0v) is 12.2. The zero-order chi connectivity index (χ0) is 13.7. The van der Waals surface area contributed by atoms with Gasteiger partial charge < -0.3 is 10.1 Å². The monoisotopic (exact) mass is 263 g/mol. The van der Waals surface area contributed by atoms with E-state index in [0.717, 1.165) is 37.2 Å². The number of nitrogens with one attached hydrogen (secondary N) is 1. The van der Waals surface area contributed by atoms with Crippen LogP contribution in [0.1, 0.15) is 33.6 Å². The Labute approximate surface area is 116 Å². The smallest absolute Gasteiger partial charge is 0.168 e. The van der Waals surface area contributed by atoms with Crippen molar-refractivity contribution in [1.82, 2.24) is 9.88 Å². The summed E-state index contributed by atoms with van der Waals surface area (Å²) in [4.78, 5) is 6.89. The molecule has 0 amide bonds. The average Bonchev–Trinajstić information content (AvgIpc) is 3.20. The van der Waals surface area contributed by atoms with Gasteiger partial charge in [0, 0.05) is 25.3 Å². The molecular formula is C15H25N3O. The van der Waals surface area contributed by atoms with E-state index in [1.165, 1.54) is 12.8 Å². The third-order valence-electron chi connectivity index (χ3n) is 3.29. The maximum Gasteiger partial charge on any atom is 0.168 e. The third kappa shape index (κ3) is 4.39. The molecular weight excluding hydrogens is 238 g/mol. The van der Waals surface area contributed by atoms with Gasteiger partial charge in [-0.05, 0) is 45.4 Å². The number of anilines is 1. The van der Waals surface area contributed by atoms with Crippen LogP contribution in [0.15, 0.2) is 18.3 Å². The number of ether oxygens (including phenoxy) is 1. The van der Waals surface area contributed by atoms with E-state index in [1.54, 1.807) is 6.20 Å². The lowest BCUT2D eigenvalue weighted by molar-refractivity contribution is 0.242. The summed E-state index contributed by atoms with van der Waals surface area (Å²) >= 11 is 0. The summed E-state index contributed by atoms with van der Waals surface area (Å²) in [5.41, 5.74) is 0. The molecule has 106 valence electrons. The fourth-order valence-electron chi connectivity index (χ4n) is 2.23. The van der Waals surface area contributed by atoms with E-state index in [4.69, 9.17) is 4.74 Å². The first-order valence-electron chi connectivity index (χ1n) is 7.30. The predicted octanol–water partition coefficient (Wildman–Crippen LogP) is 2.77. The van der Waals surface area contributed by atoms with Gasteiger partial charge in [-0.25, -0.2) is 4.98 Å². The maximum absolute atomic E-state index is 5.75. The van der Waals surface area contributed by atoms with Gasteiger partial charge in [-0.2, -0.15) is 0 Å². The van der Waals surface area contributed by atoms with Gasteiger partial charge in [0.25, 0.3) is 0 Å². The van der Waals surface area contributed by atoms with E-state index in [2.05, 4.69) is 22.1 Å². The standard InChI is InChI=1S/C15H25N3O/c1-4-18(13-7-8-13)11-10-17-15-14(19-12(2)3)6-5-9-16-15/h5-6,9,12-13H,4,7-8,10-11H2,1-3H3,(H,16,17). The molecule has 4 nitrogen and oxygen atoms in total. The molecule has 4 heteroatoms. The molecule has 0 aromatic carbocycles. The Bertz CT molecular complexity index is 391. The van der Waals surface area contributed by atoms with Crippen molar-refractivity contribution in [2.45, 2.75) is 45.8 Å². The number of hydrogen-bond acceptors (Lipinski definition) is 4. The molecule has 19 heavy (non-hydrogen) atoms. The molecule has 1 aliphatic carbocycles. The lowest BCUT2D eigenvalue weighted by atomic mass is 10.4. The highest BCUT2D eigenvalue weighted by molar-refractivity contribution is 5.49. The minimum atomic E-state index is 0.170. The summed E-state index contributed by atoms with van der Waals surface area (Å²) in [6, 6.07) is 4.70. The molecule has 1 heterocycles. The molecule has 0 bridgehead atoms. The largest absolute Gasteiger partial charge is 0.487 e. The van der Waals surface area contributed by atoms with Crippen LogP contribution in [0.25, 0.3) is 0 Å². The van der Waals surface area contributed by atoms with Gasteiger partial charge in [0.2, 0.25) is 0 Å². The minimum Gasteiger partial charge on any atom is -0.487 e. The van der Waals surface area contributed by atoms with Crippen LogP contribution < -0.4 is 10.1 Å². The Balaban J connectivity index is 1.84. The summed E-state index contributed by atoms with van der Waals surface area (Å²) in [6.45, 7) is 9.40. The average molecular weight is 263 g/mol. The summed E-state index contributed by atoms with van der Waals surface area (Å²) < 4.78 is 5.75. The topological polar surface area (TPSA) is 37.4 Å². The Hall–Kier alpha value is -1.29. The van der Waals surface area contributed by atoms with Crippen molar-refractivity contribution < 1.29 is 4.74 Å². The number of aromatic nitrogens is 1. The quantitative estimate of drug-likeness (QED) is 0.782. The van der Waals surface area contributed by atoms with E-state index >= 15 is 0 Å². The highest BCUT2D eigenvalue weighted by atomic mass is 16.5. The first-order chi connectivity index (χ1) is 9.20. The number of hydrogen-bond donors (Lipinski definition) is 1. The van der Waals surface area contributed by atoms with E-state index in [-0.39, 0.29) is 6.10 Å². The van der Waals surface area contributed by atoms with Crippen molar-refractivity contribution in [1.29, 1.82) is 0 Å². The Morgan fingerprint density at radius 3 is 2.89 bits per heavy atom. The summed E-state index contributed by atoms with van der Waals surface area (Å²) in [6.07, 6.45) is 4.69. The van der Waals surface area contributed by atoms with Crippen molar-refractivity contribution in [3.63, 3.8) is 0 Å². The van der Waals surface area contributed by atoms with E-state index in [1.807, 2.05) is 26.0 Å². The number of pyridine rings is 1. The zero-order valence-electron chi connectivity index (χ0n) is 12.2. The SMILES string of the molecule is CCN(CCNc1ncccc1OC(C)C)C1CC1. The van der Waals surface area contributed by atoms with Crippen LogP contribution in [-0.2, 0) is 0 Å². The first-order valence-corrected chi connectivity index (χ1v) is 7.30. The van der Waals surface area contributed by atoms with Crippen LogP contribution in [0.3, 0.4) is 0 Å². The maximum atomic E-state index is 5.75. The molecule has 1 aromatic heterocycles. The summed E-state index contributed by atoms with van der Waals surface area (Å²) in [7, 11) is 0. The second kappa shape index (κ2) is 6.75. The van der Waals surface area contributed by atoms with Gasteiger partial charge in [-0.15, -0.1) is 0 Å². The fourth-order valence-corrected chi connectivity index (χ4v) is 2.23. The van der Waals surface area contributed by atoms with Gasteiger partial charge >= 0.3 is 0 Å². The van der Waals surface area contributed by atoms with Crippen molar-refractivity contribution >= 4 is 5.82 Å². The van der Waals surface area contributed by atoms with E-state index in [0.29, 0.717) is 0 Å². The van der Waals surface area contributed by atoms with Crippen molar-refractivity contribution in [2.24, 2.45) is 0 Å². The molecule has 0 radical (unpaired) electrons. The van der Waals surface area contributed by atoms with Gasteiger partial charge in [0.1, 0.15) is 0 Å². The van der Waals surface area contributed by atoms with Crippen LogP contribution >= 0.6 is 0 Å². The Morgan fingerprint density at radius 1 is 1.47 bits per heavy atom. The summed E-state index contributed by atoms with van der Waals surface area (Å²) in [5.74, 6) is 1.69. The molecule has 0 unspecified atom stereocenters. The van der Waals surface area contributed by atoms with Gasteiger partial charge in [0.15, 0.2) is 11.6 Å². The minimum absolute atomic E-state index is 0.170. The van der Waals surface area contributed by atoms with Crippen LogP contribution in [0.5, 0.6) is 5.75 Å². The van der Waals surface area contributed by atoms with Crippen molar-refractivity contribution in [3.05, 3.63) is 18.3 Å². The molecule has 0 saturated heterocycles. The third-order valence-corrected chi connectivity index (χ3v) is 3.29. The predicted molar refractivity (Wildman–Crippen MR) is 78.8 cm³/mol. The molecule has 0 atom stereocenters. The number of rotatable bonds is 8. The number of likely N-dealkylation sites (N-methyl/N-ethyl adjacent to an activating group) is 1. The Kier molecular flexibility index (Phi) is 5.02. The lowest BCUT2D eigenvalue weighted by Crippen LogP contribution is -2.31.